The fourth-order valence-electron chi connectivity index (χ4n) is 2.65. The summed E-state index contributed by atoms with van der Waals surface area (Å²) in [4.78, 5) is 23.2. The number of carbonyl (C=O) groups is 2. The second kappa shape index (κ2) is 8.87. The zero-order valence-corrected chi connectivity index (χ0v) is 14.5. The van der Waals surface area contributed by atoms with Gasteiger partial charge in [0.05, 0.1) is 19.1 Å². The first kappa shape index (κ1) is 18.5. The molecule has 0 heterocycles. The first-order chi connectivity index (χ1) is 12.0. The molecule has 0 saturated carbocycles. The predicted molar refractivity (Wildman–Crippen MR) is 96.1 cm³/mol. The van der Waals surface area contributed by atoms with E-state index in [0.29, 0.717) is 18.0 Å². The Labute approximate surface area is 147 Å². The van der Waals surface area contributed by atoms with Gasteiger partial charge in [-0.05, 0) is 41.7 Å². The zero-order valence-electron chi connectivity index (χ0n) is 14.5. The Kier molecular flexibility index (Phi) is 6.57. The summed E-state index contributed by atoms with van der Waals surface area (Å²) >= 11 is 0. The highest BCUT2D eigenvalue weighted by Gasteiger charge is 2.13. The molecule has 2 N–H and O–H groups in total. The van der Waals surface area contributed by atoms with Crippen LogP contribution in [0.15, 0.2) is 48.5 Å². The Morgan fingerprint density at radius 1 is 1.12 bits per heavy atom. The summed E-state index contributed by atoms with van der Waals surface area (Å²) in [7, 11) is 1.64. The number of hydrogen-bond donors (Lipinski definition) is 2. The number of hydrogen-bond acceptors (Lipinski definition) is 3. The van der Waals surface area contributed by atoms with E-state index in [-0.39, 0.29) is 17.9 Å². The summed E-state index contributed by atoms with van der Waals surface area (Å²) in [6, 6.07) is 14.5. The van der Waals surface area contributed by atoms with Crippen LogP contribution in [0.4, 0.5) is 0 Å². The van der Waals surface area contributed by atoms with Gasteiger partial charge in [0.15, 0.2) is 0 Å². The number of carboxylic acids is 1. The molecule has 1 amide bonds. The Morgan fingerprint density at radius 2 is 1.80 bits per heavy atom. The van der Waals surface area contributed by atoms with Crippen LogP contribution in [0.25, 0.3) is 0 Å². The van der Waals surface area contributed by atoms with Gasteiger partial charge >= 0.3 is 5.97 Å². The van der Waals surface area contributed by atoms with E-state index < -0.39 is 5.97 Å². The molecule has 2 rings (SSSR count). The summed E-state index contributed by atoms with van der Waals surface area (Å²) in [5.41, 5.74) is 1.88. The normalized spacial score (nSPS) is 11.6. The molecular weight excluding hydrogens is 318 g/mol. The maximum Gasteiger partial charge on any atom is 0.335 e. The topological polar surface area (TPSA) is 75.6 Å². The molecule has 5 nitrogen and oxygen atoms in total. The van der Waals surface area contributed by atoms with E-state index in [1.54, 1.807) is 25.3 Å². The third-order valence-corrected chi connectivity index (χ3v) is 4.18. The van der Waals surface area contributed by atoms with Crippen molar-refractivity contribution in [1.29, 1.82) is 0 Å². The van der Waals surface area contributed by atoms with Crippen LogP contribution in [0, 0.1) is 0 Å². The second-order valence-electron chi connectivity index (χ2n) is 5.95. The smallest absolute Gasteiger partial charge is 0.335 e. The lowest BCUT2D eigenvalue weighted by atomic mass is 9.97. The minimum atomic E-state index is -1.02. The Bertz CT molecular complexity index is 725. The first-order valence-corrected chi connectivity index (χ1v) is 8.23. The zero-order chi connectivity index (χ0) is 18.2. The SMILES string of the molecule is COc1ccc(C(C)CCNC(=O)Cc2ccccc2C(=O)O)cc1. The molecule has 0 spiro atoms. The van der Waals surface area contributed by atoms with Crippen molar-refractivity contribution in [2.45, 2.75) is 25.7 Å². The lowest BCUT2D eigenvalue weighted by Crippen LogP contribution is -2.27. The average Bonchev–Trinajstić information content (AvgIpc) is 2.62. The van der Waals surface area contributed by atoms with Crippen molar-refractivity contribution in [3.63, 3.8) is 0 Å². The Hall–Kier alpha value is -2.82. The molecule has 0 saturated heterocycles. The van der Waals surface area contributed by atoms with E-state index in [1.165, 1.54) is 11.6 Å². The van der Waals surface area contributed by atoms with Gasteiger partial charge in [0, 0.05) is 6.54 Å². The lowest BCUT2D eigenvalue weighted by Gasteiger charge is -2.13. The maximum atomic E-state index is 12.1. The molecule has 2 aromatic rings. The molecule has 0 bridgehead atoms. The summed E-state index contributed by atoms with van der Waals surface area (Å²) in [5, 5.41) is 12.0. The number of ether oxygens (including phenoxy) is 1. The van der Waals surface area contributed by atoms with Crippen LogP contribution in [-0.4, -0.2) is 30.6 Å². The summed E-state index contributed by atoms with van der Waals surface area (Å²) in [5.74, 6) is -0.0639. The molecule has 0 fully saturated rings. The quantitative estimate of drug-likeness (QED) is 0.773. The van der Waals surface area contributed by atoms with Crippen LogP contribution < -0.4 is 10.1 Å². The fraction of sp³-hybridized carbons (Fsp3) is 0.300. The summed E-state index contributed by atoms with van der Waals surface area (Å²) in [6.45, 7) is 2.65. The summed E-state index contributed by atoms with van der Waals surface area (Å²) < 4.78 is 5.15. The van der Waals surface area contributed by atoms with Crippen molar-refractivity contribution in [3.05, 3.63) is 65.2 Å². The van der Waals surface area contributed by atoms with Crippen molar-refractivity contribution in [2.24, 2.45) is 0 Å². The van der Waals surface area contributed by atoms with Crippen LogP contribution in [0.1, 0.15) is 40.7 Å². The Balaban J connectivity index is 1.83. The number of amides is 1. The highest BCUT2D eigenvalue weighted by Crippen LogP contribution is 2.21. The number of rotatable bonds is 8. The van der Waals surface area contributed by atoms with E-state index in [0.717, 1.165) is 12.2 Å². The molecule has 132 valence electrons. The first-order valence-electron chi connectivity index (χ1n) is 8.23. The third kappa shape index (κ3) is 5.35. The van der Waals surface area contributed by atoms with Crippen LogP contribution in [0.5, 0.6) is 5.75 Å². The van der Waals surface area contributed by atoms with E-state index >= 15 is 0 Å². The minimum Gasteiger partial charge on any atom is -0.497 e. The molecule has 0 radical (unpaired) electrons. The van der Waals surface area contributed by atoms with Gasteiger partial charge in [0.2, 0.25) is 5.91 Å². The largest absolute Gasteiger partial charge is 0.497 e. The standard InChI is InChI=1S/C20H23NO4/c1-14(15-7-9-17(25-2)10-8-15)11-12-21-19(22)13-16-5-3-4-6-18(16)20(23)24/h3-10,14H,11-13H2,1-2H3,(H,21,22)(H,23,24). The number of carboxylic acid groups (broad SMARTS) is 1. The van der Waals surface area contributed by atoms with Crippen molar-refractivity contribution >= 4 is 11.9 Å². The molecule has 1 atom stereocenters. The van der Waals surface area contributed by atoms with Gasteiger partial charge in [-0.1, -0.05) is 37.3 Å². The monoisotopic (exact) mass is 341 g/mol. The van der Waals surface area contributed by atoms with Crippen LogP contribution in [-0.2, 0) is 11.2 Å². The van der Waals surface area contributed by atoms with Crippen molar-refractivity contribution in [2.75, 3.05) is 13.7 Å². The van der Waals surface area contributed by atoms with E-state index in [2.05, 4.69) is 12.2 Å². The van der Waals surface area contributed by atoms with Crippen LogP contribution >= 0.6 is 0 Å². The molecule has 2 aromatic carbocycles. The highest BCUT2D eigenvalue weighted by atomic mass is 16.5. The molecule has 5 heteroatoms. The van der Waals surface area contributed by atoms with Gasteiger partial charge in [0.1, 0.15) is 5.75 Å². The van der Waals surface area contributed by atoms with Gasteiger partial charge in [-0.25, -0.2) is 4.79 Å². The number of carbonyl (C=O) groups excluding carboxylic acids is 1. The molecule has 25 heavy (non-hydrogen) atoms. The van der Waals surface area contributed by atoms with E-state index in [4.69, 9.17) is 9.84 Å². The van der Waals surface area contributed by atoms with Crippen molar-refractivity contribution < 1.29 is 19.4 Å². The van der Waals surface area contributed by atoms with Gasteiger partial charge < -0.3 is 15.2 Å². The molecule has 0 aromatic heterocycles. The van der Waals surface area contributed by atoms with Gasteiger partial charge in [-0.2, -0.15) is 0 Å². The molecule has 0 aliphatic rings. The van der Waals surface area contributed by atoms with Gasteiger partial charge in [0.25, 0.3) is 0 Å². The van der Waals surface area contributed by atoms with E-state index in [1.807, 2.05) is 24.3 Å². The number of benzene rings is 2. The second-order valence-corrected chi connectivity index (χ2v) is 5.95. The highest BCUT2D eigenvalue weighted by molar-refractivity contribution is 5.91. The number of methoxy groups -OCH3 is 1. The number of aromatic carboxylic acids is 1. The van der Waals surface area contributed by atoms with Crippen LogP contribution in [0.3, 0.4) is 0 Å². The van der Waals surface area contributed by atoms with Crippen molar-refractivity contribution in [1.82, 2.24) is 5.32 Å². The lowest BCUT2D eigenvalue weighted by molar-refractivity contribution is -0.120. The van der Waals surface area contributed by atoms with Crippen molar-refractivity contribution in [3.8, 4) is 5.75 Å². The fourth-order valence-corrected chi connectivity index (χ4v) is 2.65. The van der Waals surface area contributed by atoms with E-state index in [9.17, 15) is 9.59 Å². The molecule has 0 aliphatic heterocycles. The molecular formula is C20H23NO4. The third-order valence-electron chi connectivity index (χ3n) is 4.18. The van der Waals surface area contributed by atoms with Gasteiger partial charge in [-0.15, -0.1) is 0 Å². The Morgan fingerprint density at radius 3 is 2.44 bits per heavy atom. The maximum absolute atomic E-state index is 12.1. The van der Waals surface area contributed by atoms with Crippen LogP contribution in [0.2, 0.25) is 0 Å². The average molecular weight is 341 g/mol. The summed E-state index contributed by atoms with van der Waals surface area (Å²) in [6.07, 6.45) is 0.873. The predicted octanol–water partition coefficient (Wildman–Crippen LogP) is 3.25. The number of nitrogens with one attached hydrogen (secondary N) is 1. The minimum absolute atomic E-state index is 0.0688. The molecule has 1 unspecified atom stereocenters. The van der Waals surface area contributed by atoms with Gasteiger partial charge in [-0.3, -0.25) is 4.79 Å². The molecule has 0 aliphatic carbocycles.